The number of likely N-dealkylation sites (N-methyl/N-ethyl adjacent to an activating group) is 1. The maximum Gasteiger partial charge on any atom is 0.246 e. The second-order valence-electron chi connectivity index (χ2n) is 3.73. The molecule has 1 aromatic heterocycles. The molecular formula is C11H15N3O. The molecule has 15 heavy (non-hydrogen) atoms. The third kappa shape index (κ3) is 1.61. The summed E-state index contributed by atoms with van der Waals surface area (Å²) in [7, 11) is 1.66. The van der Waals surface area contributed by atoms with E-state index in [0.717, 1.165) is 25.1 Å². The molecule has 4 heteroatoms. The molecule has 2 heterocycles. The molecular weight excluding hydrogens is 190 g/mol. The van der Waals surface area contributed by atoms with E-state index < -0.39 is 5.54 Å². The SMILES string of the molecule is CNC(=O)[C@]1(c2ccccn2)CCCN1. The van der Waals surface area contributed by atoms with Crippen LogP contribution in [0.25, 0.3) is 0 Å². The summed E-state index contributed by atoms with van der Waals surface area (Å²) in [5.74, 6) is -0.00120. The Bertz CT molecular complexity index is 344. The van der Waals surface area contributed by atoms with Crippen molar-refractivity contribution in [2.75, 3.05) is 13.6 Å². The van der Waals surface area contributed by atoms with Gasteiger partial charge in [0.15, 0.2) is 0 Å². The molecule has 0 aliphatic carbocycles. The van der Waals surface area contributed by atoms with Crippen molar-refractivity contribution in [1.29, 1.82) is 0 Å². The van der Waals surface area contributed by atoms with Crippen molar-refractivity contribution in [3.8, 4) is 0 Å². The average molecular weight is 205 g/mol. The fraction of sp³-hybridized carbons (Fsp3) is 0.455. The first-order chi connectivity index (χ1) is 7.29. The van der Waals surface area contributed by atoms with Gasteiger partial charge in [0.05, 0.1) is 5.69 Å². The molecule has 1 aromatic rings. The summed E-state index contributed by atoms with van der Waals surface area (Å²) in [6, 6.07) is 5.66. The number of carbonyl (C=O) groups is 1. The van der Waals surface area contributed by atoms with Gasteiger partial charge in [-0.05, 0) is 31.5 Å². The van der Waals surface area contributed by atoms with Gasteiger partial charge in [-0.25, -0.2) is 0 Å². The topological polar surface area (TPSA) is 54.0 Å². The predicted octanol–water partition coefficient (Wildman–Crippen LogP) is 0.406. The van der Waals surface area contributed by atoms with E-state index >= 15 is 0 Å². The van der Waals surface area contributed by atoms with Crippen LogP contribution in [0.15, 0.2) is 24.4 Å². The van der Waals surface area contributed by atoms with Crippen LogP contribution in [0.1, 0.15) is 18.5 Å². The minimum Gasteiger partial charge on any atom is -0.357 e. The average Bonchev–Trinajstić information content (AvgIpc) is 2.79. The quantitative estimate of drug-likeness (QED) is 0.735. The Labute approximate surface area is 89.1 Å². The highest BCUT2D eigenvalue weighted by Gasteiger charge is 2.43. The van der Waals surface area contributed by atoms with Crippen molar-refractivity contribution in [2.24, 2.45) is 0 Å². The molecule has 0 spiro atoms. The Kier molecular flexibility index (Phi) is 2.68. The van der Waals surface area contributed by atoms with E-state index in [1.165, 1.54) is 0 Å². The summed E-state index contributed by atoms with van der Waals surface area (Å²) in [5.41, 5.74) is 0.192. The van der Waals surface area contributed by atoms with Gasteiger partial charge < -0.3 is 5.32 Å². The van der Waals surface area contributed by atoms with Crippen LogP contribution in [-0.4, -0.2) is 24.5 Å². The molecule has 2 rings (SSSR count). The monoisotopic (exact) mass is 205 g/mol. The van der Waals surface area contributed by atoms with E-state index in [2.05, 4.69) is 15.6 Å². The zero-order chi connectivity index (χ0) is 10.7. The summed E-state index contributed by atoms with van der Waals surface area (Å²) < 4.78 is 0. The third-order valence-corrected chi connectivity index (χ3v) is 2.87. The Morgan fingerprint density at radius 1 is 1.60 bits per heavy atom. The summed E-state index contributed by atoms with van der Waals surface area (Å²) in [6.07, 6.45) is 3.54. The van der Waals surface area contributed by atoms with Crippen molar-refractivity contribution >= 4 is 5.91 Å². The zero-order valence-corrected chi connectivity index (χ0v) is 8.79. The minimum absolute atomic E-state index is 0.00120. The zero-order valence-electron chi connectivity index (χ0n) is 8.79. The molecule has 0 unspecified atom stereocenters. The number of nitrogens with zero attached hydrogens (tertiary/aromatic N) is 1. The van der Waals surface area contributed by atoms with Gasteiger partial charge in [0.2, 0.25) is 5.91 Å². The van der Waals surface area contributed by atoms with Crippen LogP contribution < -0.4 is 10.6 Å². The number of amides is 1. The van der Waals surface area contributed by atoms with Crippen molar-refractivity contribution in [3.05, 3.63) is 30.1 Å². The minimum atomic E-state index is -0.615. The number of hydrogen-bond acceptors (Lipinski definition) is 3. The van der Waals surface area contributed by atoms with Gasteiger partial charge in [-0.2, -0.15) is 0 Å². The van der Waals surface area contributed by atoms with Crippen LogP contribution in [0, 0.1) is 0 Å². The summed E-state index contributed by atoms with van der Waals surface area (Å²) >= 11 is 0. The van der Waals surface area contributed by atoms with E-state index in [1.54, 1.807) is 13.2 Å². The van der Waals surface area contributed by atoms with Gasteiger partial charge in [-0.1, -0.05) is 6.07 Å². The first-order valence-corrected chi connectivity index (χ1v) is 5.18. The number of hydrogen-bond donors (Lipinski definition) is 2. The molecule has 0 radical (unpaired) electrons. The first-order valence-electron chi connectivity index (χ1n) is 5.18. The molecule has 4 nitrogen and oxygen atoms in total. The summed E-state index contributed by atoms with van der Waals surface area (Å²) in [5, 5.41) is 5.97. The van der Waals surface area contributed by atoms with Crippen LogP contribution in [-0.2, 0) is 10.3 Å². The molecule has 0 saturated carbocycles. The standard InChI is InChI=1S/C11H15N3O/c1-12-10(15)11(6-4-8-14-11)9-5-2-3-7-13-9/h2-3,5,7,14H,4,6,8H2,1H3,(H,12,15)/t11-/m1/s1. The van der Waals surface area contributed by atoms with Crippen LogP contribution in [0.5, 0.6) is 0 Å². The second-order valence-corrected chi connectivity index (χ2v) is 3.73. The molecule has 1 saturated heterocycles. The highest BCUT2D eigenvalue weighted by Crippen LogP contribution is 2.29. The number of aromatic nitrogens is 1. The van der Waals surface area contributed by atoms with Crippen LogP contribution in [0.4, 0.5) is 0 Å². The largest absolute Gasteiger partial charge is 0.357 e. The Balaban J connectivity index is 2.39. The van der Waals surface area contributed by atoms with E-state index in [9.17, 15) is 4.79 Å². The van der Waals surface area contributed by atoms with Crippen LogP contribution in [0.3, 0.4) is 0 Å². The molecule has 2 N–H and O–H groups in total. The smallest absolute Gasteiger partial charge is 0.246 e. The fourth-order valence-electron chi connectivity index (χ4n) is 2.10. The lowest BCUT2D eigenvalue weighted by atomic mass is 9.91. The lowest BCUT2D eigenvalue weighted by molar-refractivity contribution is -0.127. The van der Waals surface area contributed by atoms with Crippen LogP contribution >= 0.6 is 0 Å². The maximum atomic E-state index is 11.9. The number of pyridine rings is 1. The van der Waals surface area contributed by atoms with Gasteiger partial charge >= 0.3 is 0 Å². The molecule has 1 aliphatic rings. The number of rotatable bonds is 2. The highest BCUT2D eigenvalue weighted by atomic mass is 16.2. The Morgan fingerprint density at radius 2 is 2.47 bits per heavy atom. The van der Waals surface area contributed by atoms with Gasteiger partial charge in [0.25, 0.3) is 0 Å². The molecule has 0 bridgehead atoms. The number of nitrogens with one attached hydrogen (secondary N) is 2. The molecule has 1 fully saturated rings. The normalized spacial score (nSPS) is 25.1. The van der Waals surface area contributed by atoms with E-state index in [0.29, 0.717) is 0 Å². The predicted molar refractivity (Wildman–Crippen MR) is 57.2 cm³/mol. The lowest BCUT2D eigenvalue weighted by Crippen LogP contribution is -2.50. The number of carbonyl (C=O) groups excluding carboxylic acids is 1. The fourth-order valence-corrected chi connectivity index (χ4v) is 2.10. The van der Waals surface area contributed by atoms with Crippen molar-refractivity contribution in [2.45, 2.75) is 18.4 Å². The molecule has 0 aromatic carbocycles. The van der Waals surface area contributed by atoms with Crippen molar-refractivity contribution in [3.63, 3.8) is 0 Å². The third-order valence-electron chi connectivity index (χ3n) is 2.87. The second kappa shape index (κ2) is 3.98. The first kappa shape index (κ1) is 10.1. The molecule has 1 aliphatic heterocycles. The van der Waals surface area contributed by atoms with E-state index in [1.807, 2.05) is 18.2 Å². The van der Waals surface area contributed by atoms with Crippen LogP contribution in [0.2, 0.25) is 0 Å². The van der Waals surface area contributed by atoms with Gasteiger partial charge in [0.1, 0.15) is 5.54 Å². The summed E-state index contributed by atoms with van der Waals surface area (Å²) in [6.45, 7) is 0.865. The van der Waals surface area contributed by atoms with Crippen molar-refractivity contribution < 1.29 is 4.79 Å². The van der Waals surface area contributed by atoms with Crippen molar-refractivity contribution in [1.82, 2.24) is 15.6 Å². The summed E-state index contributed by atoms with van der Waals surface area (Å²) in [4.78, 5) is 16.2. The lowest BCUT2D eigenvalue weighted by Gasteiger charge is -2.26. The van der Waals surface area contributed by atoms with Gasteiger partial charge in [0, 0.05) is 13.2 Å². The van der Waals surface area contributed by atoms with Gasteiger partial charge in [-0.3, -0.25) is 15.1 Å². The Hall–Kier alpha value is -1.42. The molecule has 1 amide bonds. The van der Waals surface area contributed by atoms with Gasteiger partial charge in [-0.15, -0.1) is 0 Å². The Morgan fingerprint density at radius 3 is 3.00 bits per heavy atom. The maximum absolute atomic E-state index is 11.9. The molecule has 1 atom stereocenters. The van der Waals surface area contributed by atoms with E-state index in [-0.39, 0.29) is 5.91 Å². The highest BCUT2D eigenvalue weighted by molar-refractivity contribution is 5.87. The van der Waals surface area contributed by atoms with E-state index in [4.69, 9.17) is 0 Å². The molecule has 80 valence electrons.